The Hall–Kier alpha value is -4.95. The molecule has 4 aromatic rings. The monoisotopic (exact) mass is 865 g/mol. The van der Waals surface area contributed by atoms with E-state index in [9.17, 15) is 19.2 Å². The molecule has 4 aliphatic rings. The maximum Gasteiger partial charge on any atom is 0.412 e. The number of fused-ring (bicyclic) bond motifs is 4. The molecule has 3 fully saturated rings. The van der Waals surface area contributed by atoms with Crippen molar-refractivity contribution in [3.8, 4) is 23.2 Å². The van der Waals surface area contributed by atoms with Crippen LogP contribution in [0.1, 0.15) is 92.2 Å². The molecule has 8 rings (SSSR count). The summed E-state index contributed by atoms with van der Waals surface area (Å²) in [6, 6.07) is 3.36. The lowest BCUT2D eigenvalue weighted by Crippen LogP contribution is -2.62. The summed E-state index contributed by atoms with van der Waals surface area (Å²) in [6.45, 7) is 15.8. The van der Waals surface area contributed by atoms with Gasteiger partial charge in [0.2, 0.25) is 0 Å². The first-order valence-electron chi connectivity index (χ1n) is 20.9. The van der Waals surface area contributed by atoms with Gasteiger partial charge >= 0.3 is 18.2 Å². The number of alkyl halides is 1. The Labute approximate surface area is 356 Å². The topological polar surface area (TPSA) is 133 Å². The van der Waals surface area contributed by atoms with Crippen molar-refractivity contribution >= 4 is 55.3 Å². The first kappa shape index (κ1) is 42.7. The number of benzene rings is 2. The van der Waals surface area contributed by atoms with E-state index in [1.165, 1.54) is 6.07 Å². The van der Waals surface area contributed by atoms with Gasteiger partial charge in [-0.1, -0.05) is 19.9 Å². The average molecular weight is 866 g/mol. The summed E-state index contributed by atoms with van der Waals surface area (Å²) < 4.78 is 83.3. The van der Waals surface area contributed by atoms with Crippen molar-refractivity contribution in [3.05, 3.63) is 40.7 Å². The van der Waals surface area contributed by atoms with E-state index in [2.05, 4.69) is 15.2 Å². The van der Waals surface area contributed by atoms with Crippen LogP contribution in [0.25, 0.3) is 32.1 Å². The standard InChI is InChI=1S/C44H51F4N7O5S/c1-9-24-19-55-29(20-54(24)41(57)60-43(6,7)8)22(2)15-26-32-35(50-39(51-37(32)55)58-21-44-13-10-14-53(44)18-23(45)16-44)34(48)31(33(26)47)25-11-12-28(46)36-30(25)27(17-49)38(61-36)52-40(56)59-42(3,4)5/h11-12,22-24,29H,9-10,13-16,18-21H2,1-8H3,(H,52,56)/t22-,23+,24+,29+,44-/m0/s1. The van der Waals surface area contributed by atoms with E-state index >= 15 is 13.2 Å². The number of halogens is 4. The van der Waals surface area contributed by atoms with Gasteiger partial charge in [0.1, 0.15) is 58.0 Å². The highest BCUT2D eigenvalue weighted by atomic mass is 32.1. The fraction of sp³-hybridized carbons (Fsp3) is 0.568. The SMILES string of the molecule is CC[C@@H]1CN2c3nc(OC[C@@]45CCCN4C[C@H](F)C5)nc4c(F)c(-c5ccc(F)c6sc(NC(=O)OC(C)(C)C)c(C#N)c56)c(F)c(c34)C[C@H](C)[C@H]2CN1C(=O)OC(C)(C)C. The Kier molecular flexibility index (Phi) is 10.8. The molecule has 2 aromatic heterocycles. The second kappa shape index (κ2) is 15.4. The van der Waals surface area contributed by atoms with Gasteiger partial charge in [-0.3, -0.25) is 10.2 Å². The molecule has 61 heavy (non-hydrogen) atoms. The van der Waals surface area contributed by atoms with Crippen molar-refractivity contribution in [3.63, 3.8) is 0 Å². The molecule has 17 heteroatoms. The van der Waals surface area contributed by atoms with Crippen molar-refractivity contribution in [2.45, 2.75) is 122 Å². The van der Waals surface area contributed by atoms with E-state index < -0.39 is 64.2 Å². The molecule has 4 aliphatic heterocycles. The van der Waals surface area contributed by atoms with Gasteiger partial charge in [-0.05, 0) is 91.3 Å². The normalized spacial score (nSPS) is 24.0. The van der Waals surface area contributed by atoms with Gasteiger partial charge in [-0.2, -0.15) is 15.2 Å². The third-order valence-corrected chi connectivity index (χ3v) is 13.4. The van der Waals surface area contributed by atoms with Gasteiger partial charge in [0.25, 0.3) is 0 Å². The first-order chi connectivity index (χ1) is 28.7. The number of anilines is 2. The Bertz CT molecular complexity index is 2480. The number of nitrogens with zero attached hydrogens (tertiary/aromatic N) is 6. The fourth-order valence-electron chi connectivity index (χ4n) is 9.65. The molecule has 0 radical (unpaired) electrons. The quantitative estimate of drug-likeness (QED) is 0.187. The van der Waals surface area contributed by atoms with Gasteiger partial charge in [-0.15, -0.1) is 11.3 Å². The van der Waals surface area contributed by atoms with Gasteiger partial charge in [0, 0.05) is 37.0 Å². The maximum absolute atomic E-state index is 17.7. The van der Waals surface area contributed by atoms with Gasteiger partial charge in [-0.25, -0.2) is 27.2 Å². The second-order valence-corrected chi connectivity index (χ2v) is 19.9. The number of amides is 2. The number of nitriles is 1. The number of ether oxygens (including phenoxy) is 3. The Morgan fingerprint density at radius 1 is 1.03 bits per heavy atom. The molecule has 12 nitrogen and oxygen atoms in total. The van der Waals surface area contributed by atoms with E-state index in [0.29, 0.717) is 19.4 Å². The maximum atomic E-state index is 17.7. The molecule has 3 saturated heterocycles. The van der Waals surface area contributed by atoms with Crippen LogP contribution < -0.4 is 15.0 Å². The minimum Gasteiger partial charge on any atom is -0.461 e. The van der Waals surface area contributed by atoms with Crippen molar-refractivity contribution in [1.29, 1.82) is 5.26 Å². The number of hydrogen-bond donors (Lipinski definition) is 1. The van der Waals surface area contributed by atoms with Crippen LogP contribution in [0, 0.1) is 34.7 Å². The lowest BCUT2D eigenvalue weighted by Gasteiger charge is -2.48. The molecule has 326 valence electrons. The highest BCUT2D eigenvalue weighted by molar-refractivity contribution is 7.23. The molecule has 0 saturated carbocycles. The molecular weight excluding hydrogens is 815 g/mol. The Morgan fingerprint density at radius 2 is 1.77 bits per heavy atom. The summed E-state index contributed by atoms with van der Waals surface area (Å²) in [5.41, 5.74) is -3.19. The van der Waals surface area contributed by atoms with Crippen molar-refractivity contribution < 1.29 is 41.4 Å². The van der Waals surface area contributed by atoms with Crippen LogP contribution in [-0.4, -0.2) is 99.7 Å². The number of carbonyl (C=O) groups excluding carboxylic acids is 2. The van der Waals surface area contributed by atoms with Crippen LogP contribution >= 0.6 is 11.3 Å². The van der Waals surface area contributed by atoms with Gasteiger partial charge < -0.3 is 24.0 Å². The van der Waals surface area contributed by atoms with Gasteiger partial charge in [0.15, 0.2) is 5.82 Å². The third kappa shape index (κ3) is 7.68. The zero-order valence-corrected chi connectivity index (χ0v) is 36.5. The molecule has 0 aliphatic carbocycles. The van der Waals surface area contributed by atoms with Crippen LogP contribution in [0.5, 0.6) is 6.01 Å². The lowest BCUT2D eigenvalue weighted by atomic mass is 9.88. The highest BCUT2D eigenvalue weighted by Gasteiger charge is 2.50. The second-order valence-electron chi connectivity index (χ2n) is 18.8. The van der Waals surface area contributed by atoms with E-state index in [1.807, 2.05) is 24.8 Å². The molecule has 2 amide bonds. The fourth-order valence-corrected chi connectivity index (χ4v) is 10.7. The molecular formula is C44H51F4N7O5S. The van der Waals surface area contributed by atoms with E-state index in [-0.39, 0.29) is 99.0 Å². The minimum absolute atomic E-state index is 0.0496. The Morgan fingerprint density at radius 3 is 2.46 bits per heavy atom. The highest BCUT2D eigenvalue weighted by Crippen LogP contribution is 2.49. The number of piperazine rings is 1. The van der Waals surface area contributed by atoms with Crippen molar-refractivity contribution in [2.75, 3.05) is 43.0 Å². The van der Waals surface area contributed by atoms with Crippen LogP contribution in [0.4, 0.5) is 38.0 Å². The summed E-state index contributed by atoms with van der Waals surface area (Å²) in [4.78, 5) is 41.8. The Balaban J connectivity index is 1.31. The number of thiophene rings is 1. The van der Waals surface area contributed by atoms with Crippen LogP contribution in [0.3, 0.4) is 0 Å². The molecule has 0 unspecified atom stereocenters. The number of carbonyl (C=O) groups is 2. The number of rotatable bonds is 6. The average Bonchev–Trinajstić information content (AvgIpc) is 3.81. The number of aromatic nitrogens is 2. The smallest absolute Gasteiger partial charge is 0.412 e. The predicted molar refractivity (Wildman–Crippen MR) is 224 cm³/mol. The molecule has 6 heterocycles. The molecule has 5 atom stereocenters. The third-order valence-electron chi connectivity index (χ3n) is 12.3. The van der Waals surface area contributed by atoms with E-state index in [1.54, 1.807) is 46.4 Å². The van der Waals surface area contributed by atoms with Crippen LogP contribution in [0.2, 0.25) is 0 Å². The van der Waals surface area contributed by atoms with E-state index in [0.717, 1.165) is 30.4 Å². The van der Waals surface area contributed by atoms with Crippen LogP contribution in [0.15, 0.2) is 12.1 Å². The van der Waals surface area contributed by atoms with Crippen molar-refractivity contribution in [1.82, 2.24) is 19.8 Å². The predicted octanol–water partition coefficient (Wildman–Crippen LogP) is 9.50. The molecule has 2 aromatic carbocycles. The van der Waals surface area contributed by atoms with Crippen molar-refractivity contribution in [2.24, 2.45) is 5.92 Å². The summed E-state index contributed by atoms with van der Waals surface area (Å²) in [6.07, 6.45) is 0.101. The zero-order chi connectivity index (χ0) is 43.9. The molecule has 0 bridgehead atoms. The molecule has 1 N–H and O–H groups in total. The minimum atomic E-state index is -1.08. The van der Waals surface area contributed by atoms with Gasteiger partial charge in [0.05, 0.1) is 38.8 Å². The van der Waals surface area contributed by atoms with Crippen LogP contribution in [-0.2, 0) is 15.9 Å². The number of nitrogens with one attached hydrogen (secondary N) is 1. The number of hydrogen-bond acceptors (Lipinski definition) is 11. The lowest BCUT2D eigenvalue weighted by molar-refractivity contribution is 0.00794. The summed E-state index contributed by atoms with van der Waals surface area (Å²) in [7, 11) is 0. The summed E-state index contributed by atoms with van der Waals surface area (Å²) in [5.74, 6) is -2.86. The summed E-state index contributed by atoms with van der Waals surface area (Å²) >= 11 is 0.751. The largest absolute Gasteiger partial charge is 0.461 e. The first-order valence-corrected chi connectivity index (χ1v) is 21.7. The van der Waals surface area contributed by atoms with E-state index in [4.69, 9.17) is 19.2 Å². The molecule has 0 spiro atoms. The zero-order valence-electron chi connectivity index (χ0n) is 35.7. The summed E-state index contributed by atoms with van der Waals surface area (Å²) in [5, 5.41) is 13.0.